The number of rotatable bonds is 5. The molecule has 0 unspecified atom stereocenters. The zero-order chi connectivity index (χ0) is 16.2. The molecule has 1 saturated carbocycles. The second kappa shape index (κ2) is 6.65. The number of nitrogens with one attached hydrogen (secondary N) is 1. The van der Waals surface area contributed by atoms with E-state index in [1.807, 2.05) is 30.3 Å². The summed E-state index contributed by atoms with van der Waals surface area (Å²) >= 11 is 0. The Morgan fingerprint density at radius 1 is 1.09 bits per heavy atom. The summed E-state index contributed by atoms with van der Waals surface area (Å²) in [7, 11) is 0. The lowest BCUT2D eigenvalue weighted by atomic mass is 10.1. The minimum Gasteiger partial charge on any atom is -0.462 e. The molecule has 1 aliphatic rings. The summed E-state index contributed by atoms with van der Waals surface area (Å²) in [6.45, 7) is 2.06. The predicted octanol–water partition coefficient (Wildman–Crippen LogP) is 3.61. The Morgan fingerprint density at radius 3 is 2.52 bits per heavy atom. The molecule has 1 aliphatic carbocycles. The minimum atomic E-state index is -0.418. The second-order valence-corrected chi connectivity index (χ2v) is 5.61. The van der Waals surface area contributed by atoms with E-state index >= 15 is 0 Å². The lowest BCUT2D eigenvalue weighted by Crippen LogP contribution is -2.17. The van der Waals surface area contributed by atoms with Crippen molar-refractivity contribution >= 4 is 17.6 Å². The van der Waals surface area contributed by atoms with E-state index in [9.17, 15) is 9.59 Å². The molecule has 3 rings (SSSR count). The van der Waals surface area contributed by atoms with Crippen LogP contribution in [0.25, 0.3) is 0 Å². The maximum absolute atomic E-state index is 12.4. The SMILES string of the molecule is CCOC(=O)c1ccccc1NC(=O)[C@H]1C[C@@H]1c1ccccc1. The van der Waals surface area contributed by atoms with Gasteiger partial charge < -0.3 is 10.1 Å². The van der Waals surface area contributed by atoms with Gasteiger partial charge in [-0.25, -0.2) is 4.79 Å². The third-order valence-electron chi connectivity index (χ3n) is 4.04. The van der Waals surface area contributed by atoms with Gasteiger partial charge in [0.2, 0.25) is 5.91 Å². The topological polar surface area (TPSA) is 55.4 Å². The van der Waals surface area contributed by atoms with Crippen LogP contribution in [0.1, 0.15) is 35.2 Å². The molecular weight excluding hydrogens is 290 g/mol. The van der Waals surface area contributed by atoms with Crippen molar-refractivity contribution in [2.24, 2.45) is 5.92 Å². The maximum atomic E-state index is 12.4. The number of esters is 1. The van der Waals surface area contributed by atoms with Crippen LogP contribution in [0.4, 0.5) is 5.69 Å². The van der Waals surface area contributed by atoms with Crippen molar-refractivity contribution in [3.8, 4) is 0 Å². The molecule has 0 radical (unpaired) electrons. The molecule has 1 amide bonds. The highest BCUT2D eigenvalue weighted by Crippen LogP contribution is 2.47. The first kappa shape index (κ1) is 15.3. The van der Waals surface area contributed by atoms with Gasteiger partial charge in [0.25, 0.3) is 0 Å². The van der Waals surface area contributed by atoms with Crippen LogP contribution in [0.5, 0.6) is 0 Å². The molecule has 0 bridgehead atoms. The molecule has 4 nitrogen and oxygen atoms in total. The van der Waals surface area contributed by atoms with Crippen LogP contribution < -0.4 is 5.32 Å². The van der Waals surface area contributed by atoms with E-state index in [0.717, 1.165) is 6.42 Å². The summed E-state index contributed by atoms with van der Waals surface area (Å²) in [5, 5.41) is 2.87. The molecular formula is C19H19NO3. The van der Waals surface area contributed by atoms with E-state index in [2.05, 4.69) is 5.32 Å². The van der Waals surface area contributed by atoms with E-state index in [4.69, 9.17) is 4.74 Å². The van der Waals surface area contributed by atoms with Crippen molar-refractivity contribution in [1.29, 1.82) is 0 Å². The third-order valence-corrected chi connectivity index (χ3v) is 4.04. The number of hydrogen-bond donors (Lipinski definition) is 1. The van der Waals surface area contributed by atoms with Crippen molar-refractivity contribution in [3.63, 3.8) is 0 Å². The molecule has 2 aromatic carbocycles. The summed E-state index contributed by atoms with van der Waals surface area (Å²) in [6.07, 6.45) is 0.845. The van der Waals surface area contributed by atoms with Crippen LogP contribution in [-0.2, 0) is 9.53 Å². The average Bonchev–Trinajstić information content (AvgIpc) is 3.37. The zero-order valence-electron chi connectivity index (χ0n) is 13.0. The third kappa shape index (κ3) is 3.42. The molecule has 0 saturated heterocycles. The second-order valence-electron chi connectivity index (χ2n) is 5.61. The molecule has 0 heterocycles. The monoisotopic (exact) mass is 309 g/mol. The van der Waals surface area contributed by atoms with Crippen molar-refractivity contribution in [3.05, 3.63) is 65.7 Å². The first-order valence-electron chi connectivity index (χ1n) is 7.82. The number of amides is 1. The van der Waals surface area contributed by atoms with E-state index in [-0.39, 0.29) is 17.7 Å². The minimum absolute atomic E-state index is 0.0346. The van der Waals surface area contributed by atoms with E-state index < -0.39 is 5.97 Å². The van der Waals surface area contributed by atoms with Crippen LogP contribution >= 0.6 is 0 Å². The first-order chi connectivity index (χ1) is 11.2. The van der Waals surface area contributed by atoms with Gasteiger partial charge in [-0.05, 0) is 37.0 Å². The zero-order valence-corrected chi connectivity index (χ0v) is 13.0. The van der Waals surface area contributed by atoms with Gasteiger partial charge in [0, 0.05) is 5.92 Å². The van der Waals surface area contributed by atoms with Gasteiger partial charge in [0.1, 0.15) is 0 Å². The molecule has 0 aliphatic heterocycles. The quantitative estimate of drug-likeness (QED) is 0.859. The Labute approximate surface area is 135 Å². The van der Waals surface area contributed by atoms with Crippen molar-refractivity contribution in [2.75, 3.05) is 11.9 Å². The normalized spacial score (nSPS) is 19.0. The van der Waals surface area contributed by atoms with Gasteiger partial charge in [-0.2, -0.15) is 0 Å². The average molecular weight is 309 g/mol. The van der Waals surface area contributed by atoms with E-state index in [1.165, 1.54) is 5.56 Å². The number of benzene rings is 2. The predicted molar refractivity (Wildman–Crippen MR) is 88.3 cm³/mol. The smallest absolute Gasteiger partial charge is 0.340 e. The van der Waals surface area contributed by atoms with Gasteiger partial charge >= 0.3 is 5.97 Å². The number of carbonyl (C=O) groups excluding carboxylic acids is 2. The van der Waals surface area contributed by atoms with Crippen LogP contribution in [0, 0.1) is 5.92 Å². The highest BCUT2D eigenvalue weighted by atomic mass is 16.5. The summed E-state index contributed by atoms with van der Waals surface area (Å²) in [6, 6.07) is 17.0. The molecule has 2 aromatic rings. The largest absolute Gasteiger partial charge is 0.462 e. The Kier molecular flexibility index (Phi) is 4.42. The standard InChI is InChI=1S/C19H19NO3/c1-2-23-19(22)14-10-6-7-11-17(14)20-18(21)16-12-15(16)13-8-4-3-5-9-13/h3-11,15-16H,2,12H2,1H3,(H,20,21)/t15-,16+/m1/s1. The van der Waals surface area contributed by atoms with Crippen LogP contribution in [-0.4, -0.2) is 18.5 Å². The number of ether oxygens (including phenoxy) is 1. The molecule has 0 spiro atoms. The lowest BCUT2D eigenvalue weighted by molar-refractivity contribution is -0.117. The summed E-state index contributed by atoms with van der Waals surface area (Å²) in [5.74, 6) is -0.229. The van der Waals surface area contributed by atoms with Crippen LogP contribution in [0.15, 0.2) is 54.6 Å². The Hall–Kier alpha value is -2.62. The lowest BCUT2D eigenvalue weighted by Gasteiger charge is -2.10. The van der Waals surface area contributed by atoms with Crippen LogP contribution in [0.3, 0.4) is 0 Å². The first-order valence-corrected chi connectivity index (χ1v) is 7.82. The number of anilines is 1. The number of carbonyl (C=O) groups is 2. The highest BCUT2D eigenvalue weighted by Gasteiger charge is 2.44. The molecule has 1 N–H and O–H groups in total. The summed E-state index contributed by atoms with van der Waals surface area (Å²) in [5.41, 5.74) is 2.08. The fourth-order valence-electron chi connectivity index (χ4n) is 2.76. The molecule has 4 heteroatoms. The highest BCUT2D eigenvalue weighted by molar-refractivity contribution is 6.02. The Morgan fingerprint density at radius 2 is 1.78 bits per heavy atom. The van der Waals surface area contributed by atoms with Gasteiger partial charge in [-0.1, -0.05) is 42.5 Å². The van der Waals surface area contributed by atoms with Crippen molar-refractivity contribution in [1.82, 2.24) is 0 Å². The summed E-state index contributed by atoms with van der Waals surface area (Å²) in [4.78, 5) is 24.4. The molecule has 2 atom stereocenters. The van der Waals surface area contributed by atoms with E-state index in [0.29, 0.717) is 17.9 Å². The fraction of sp³-hybridized carbons (Fsp3) is 0.263. The van der Waals surface area contributed by atoms with Gasteiger partial charge in [0.05, 0.1) is 17.9 Å². The molecule has 23 heavy (non-hydrogen) atoms. The van der Waals surface area contributed by atoms with E-state index in [1.54, 1.807) is 31.2 Å². The van der Waals surface area contributed by atoms with Gasteiger partial charge in [0.15, 0.2) is 0 Å². The number of para-hydroxylation sites is 1. The summed E-state index contributed by atoms with van der Waals surface area (Å²) < 4.78 is 5.03. The molecule has 1 fully saturated rings. The van der Waals surface area contributed by atoms with Crippen molar-refractivity contribution < 1.29 is 14.3 Å². The molecule has 0 aromatic heterocycles. The van der Waals surface area contributed by atoms with Crippen LogP contribution in [0.2, 0.25) is 0 Å². The fourth-order valence-corrected chi connectivity index (χ4v) is 2.76. The van der Waals surface area contributed by atoms with Gasteiger partial charge in [-0.15, -0.1) is 0 Å². The van der Waals surface area contributed by atoms with Gasteiger partial charge in [-0.3, -0.25) is 4.79 Å². The Balaban J connectivity index is 1.69. The molecule has 118 valence electrons. The maximum Gasteiger partial charge on any atom is 0.340 e. The number of hydrogen-bond acceptors (Lipinski definition) is 3. The Bertz CT molecular complexity index is 712. The van der Waals surface area contributed by atoms with Crippen molar-refractivity contribution in [2.45, 2.75) is 19.3 Å².